The minimum absolute atomic E-state index is 0.129. The van der Waals surface area contributed by atoms with Crippen molar-refractivity contribution < 1.29 is 14.5 Å². The number of methoxy groups -OCH3 is 1. The molecule has 6 heteroatoms. The molecule has 17 heavy (non-hydrogen) atoms. The molecule has 1 aromatic heterocycles. The molecule has 0 atom stereocenters. The van der Waals surface area contributed by atoms with Gasteiger partial charge in [-0.1, -0.05) is 0 Å². The number of fused-ring (bicyclic) bond motifs is 1. The molecule has 0 aliphatic carbocycles. The quantitative estimate of drug-likeness (QED) is 0.490. The van der Waals surface area contributed by atoms with Crippen molar-refractivity contribution in [1.82, 2.24) is 4.98 Å². The second kappa shape index (κ2) is 3.89. The molecule has 0 radical (unpaired) electrons. The van der Waals surface area contributed by atoms with Crippen molar-refractivity contribution in [3.63, 3.8) is 0 Å². The molecule has 88 valence electrons. The van der Waals surface area contributed by atoms with E-state index >= 15 is 0 Å². The molecular formula is C11H10N2O4. The fraction of sp³-hybridized carbons (Fsp3) is 0.182. The molecule has 0 saturated carbocycles. The van der Waals surface area contributed by atoms with Gasteiger partial charge in [0.2, 0.25) is 0 Å². The molecule has 0 bridgehead atoms. The number of hydrogen-bond donors (Lipinski definition) is 1. The zero-order valence-corrected chi connectivity index (χ0v) is 9.31. The Balaban J connectivity index is 2.75. The number of hydrogen-bond acceptors (Lipinski definition) is 4. The van der Waals surface area contributed by atoms with E-state index in [1.54, 1.807) is 19.1 Å². The van der Waals surface area contributed by atoms with Crippen molar-refractivity contribution in [2.24, 2.45) is 0 Å². The van der Waals surface area contributed by atoms with Gasteiger partial charge in [-0.3, -0.25) is 10.1 Å². The minimum Gasteiger partial charge on any atom is -0.465 e. The van der Waals surface area contributed by atoms with Crippen molar-refractivity contribution in [2.45, 2.75) is 6.92 Å². The van der Waals surface area contributed by atoms with Crippen molar-refractivity contribution in [2.75, 3.05) is 7.11 Å². The fourth-order valence-corrected chi connectivity index (χ4v) is 1.74. The number of aromatic nitrogens is 1. The van der Waals surface area contributed by atoms with Gasteiger partial charge in [0.05, 0.1) is 17.6 Å². The first-order chi connectivity index (χ1) is 8.02. The Morgan fingerprint density at radius 3 is 2.71 bits per heavy atom. The number of rotatable bonds is 2. The van der Waals surface area contributed by atoms with E-state index < -0.39 is 10.9 Å². The maximum Gasteiger partial charge on any atom is 0.338 e. The number of ether oxygens (including phenoxy) is 1. The fourth-order valence-electron chi connectivity index (χ4n) is 1.74. The number of nitrogens with zero attached hydrogens (tertiary/aromatic N) is 1. The summed E-state index contributed by atoms with van der Waals surface area (Å²) in [5.41, 5.74) is 1.26. The van der Waals surface area contributed by atoms with Crippen LogP contribution in [0.15, 0.2) is 18.2 Å². The molecule has 2 aromatic rings. The van der Waals surface area contributed by atoms with Crippen molar-refractivity contribution in [1.29, 1.82) is 0 Å². The molecule has 6 nitrogen and oxygen atoms in total. The van der Waals surface area contributed by atoms with Crippen LogP contribution in [0.5, 0.6) is 0 Å². The summed E-state index contributed by atoms with van der Waals surface area (Å²) in [6.45, 7) is 1.79. The van der Waals surface area contributed by atoms with E-state index in [-0.39, 0.29) is 11.3 Å². The van der Waals surface area contributed by atoms with Crippen molar-refractivity contribution in [3.05, 3.63) is 39.6 Å². The summed E-state index contributed by atoms with van der Waals surface area (Å²) < 4.78 is 4.55. The van der Waals surface area contributed by atoms with Crippen LogP contribution < -0.4 is 0 Å². The van der Waals surface area contributed by atoms with Crippen LogP contribution in [0.25, 0.3) is 10.9 Å². The third kappa shape index (κ3) is 1.84. The molecule has 1 N–H and O–H groups in total. The van der Waals surface area contributed by atoms with Crippen LogP contribution in [0.1, 0.15) is 16.1 Å². The molecule has 0 aliphatic rings. The lowest BCUT2D eigenvalue weighted by Crippen LogP contribution is -2.02. The van der Waals surface area contributed by atoms with Gasteiger partial charge in [0.15, 0.2) is 0 Å². The second-order valence-electron chi connectivity index (χ2n) is 3.66. The second-order valence-corrected chi connectivity index (χ2v) is 3.66. The van der Waals surface area contributed by atoms with Gasteiger partial charge in [0.1, 0.15) is 5.52 Å². The lowest BCUT2D eigenvalue weighted by atomic mass is 10.1. The molecule has 0 unspecified atom stereocenters. The molecule has 0 amide bonds. The number of esters is 1. The number of carbonyl (C=O) groups is 1. The number of aromatic amines is 1. The van der Waals surface area contributed by atoms with E-state index in [4.69, 9.17) is 0 Å². The normalized spacial score (nSPS) is 10.5. The zero-order valence-electron chi connectivity index (χ0n) is 9.31. The highest BCUT2D eigenvalue weighted by Gasteiger charge is 2.18. The Labute approximate surface area is 96.3 Å². The molecule has 0 saturated heterocycles. The van der Waals surface area contributed by atoms with Gasteiger partial charge in [-0.05, 0) is 19.1 Å². The molecule has 0 spiro atoms. The number of nitro benzene ring substituents is 1. The van der Waals surface area contributed by atoms with Gasteiger partial charge >= 0.3 is 5.97 Å². The molecule has 1 heterocycles. The SMILES string of the molecule is COC(=O)c1cc([N+](=O)[O-])c2[nH]c(C)cc2c1. The van der Waals surface area contributed by atoms with E-state index in [1.807, 2.05) is 0 Å². The maximum atomic E-state index is 11.4. The summed E-state index contributed by atoms with van der Waals surface area (Å²) in [6, 6.07) is 4.52. The Bertz CT molecular complexity index is 615. The number of non-ortho nitro benzene ring substituents is 1. The highest BCUT2D eigenvalue weighted by atomic mass is 16.6. The van der Waals surface area contributed by atoms with E-state index in [0.29, 0.717) is 10.9 Å². The van der Waals surface area contributed by atoms with Crippen molar-refractivity contribution >= 4 is 22.6 Å². The first kappa shape index (κ1) is 11.1. The summed E-state index contributed by atoms with van der Waals surface area (Å²) in [6.07, 6.45) is 0. The number of carbonyl (C=O) groups excluding carboxylic acids is 1. The van der Waals surface area contributed by atoms with Gasteiger partial charge in [-0.25, -0.2) is 4.79 Å². The smallest absolute Gasteiger partial charge is 0.338 e. The van der Waals surface area contributed by atoms with Crippen LogP contribution in [-0.4, -0.2) is 23.0 Å². The molecule has 1 aromatic carbocycles. The Morgan fingerprint density at radius 2 is 2.12 bits per heavy atom. The predicted octanol–water partition coefficient (Wildman–Crippen LogP) is 2.17. The van der Waals surface area contributed by atoms with Gasteiger partial charge in [0.25, 0.3) is 5.69 Å². The molecule has 0 aliphatic heterocycles. The number of nitrogens with one attached hydrogen (secondary N) is 1. The van der Waals surface area contributed by atoms with Gasteiger partial charge in [-0.15, -0.1) is 0 Å². The van der Waals surface area contributed by atoms with Gasteiger partial charge < -0.3 is 9.72 Å². The minimum atomic E-state index is -0.589. The number of H-pyrrole nitrogens is 1. The first-order valence-electron chi connectivity index (χ1n) is 4.89. The molecule has 2 rings (SSSR count). The van der Waals surface area contributed by atoms with E-state index in [2.05, 4.69) is 9.72 Å². The van der Waals surface area contributed by atoms with Crippen LogP contribution in [0.2, 0.25) is 0 Å². The average molecular weight is 234 g/mol. The van der Waals surface area contributed by atoms with Crippen LogP contribution in [0.4, 0.5) is 5.69 Å². The van der Waals surface area contributed by atoms with E-state index in [0.717, 1.165) is 5.69 Å². The van der Waals surface area contributed by atoms with Crippen LogP contribution in [-0.2, 0) is 4.74 Å². The maximum absolute atomic E-state index is 11.4. The topological polar surface area (TPSA) is 85.2 Å². The third-order valence-corrected chi connectivity index (χ3v) is 2.46. The van der Waals surface area contributed by atoms with Gasteiger partial charge in [-0.2, -0.15) is 0 Å². The summed E-state index contributed by atoms with van der Waals surface area (Å²) in [5, 5.41) is 11.5. The zero-order chi connectivity index (χ0) is 12.6. The van der Waals surface area contributed by atoms with Gasteiger partial charge in [0, 0.05) is 17.1 Å². The van der Waals surface area contributed by atoms with Crippen LogP contribution in [0, 0.1) is 17.0 Å². The first-order valence-corrected chi connectivity index (χ1v) is 4.89. The Kier molecular flexibility index (Phi) is 2.55. The molecular weight excluding hydrogens is 224 g/mol. The summed E-state index contributed by atoms with van der Waals surface area (Å²) in [5.74, 6) is -0.589. The monoisotopic (exact) mass is 234 g/mol. The predicted molar refractivity (Wildman–Crippen MR) is 61.0 cm³/mol. The number of aryl methyl sites for hydroxylation is 1. The third-order valence-electron chi connectivity index (χ3n) is 2.46. The highest BCUT2D eigenvalue weighted by Crippen LogP contribution is 2.27. The summed E-state index contributed by atoms with van der Waals surface area (Å²) in [7, 11) is 1.24. The van der Waals surface area contributed by atoms with Crippen LogP contribution >= 0.6 is 0 Å². The summed E-state index contributed by atoms with van der Waals surface area (Å²) in [4.78, 5) is 24.7. The Morgan fingerprint density at radius 1 is 1.41 bits per heavy atom. The van der Waals surface area contributed by atoms with Crippen molar-refractivity contribution in [3.8, 4) is 0 Å². The van der Waals surface area contributed by atoms with E-state index in [9.17, 15) is 14.9 Å². The lowest BCUT2D eigenvalue weighted by molar-refractivity contribution is -0.383. The van der Waals surface area contributed by atoms with Crippen LogP contribution in [0.3, 0.4) is 0 Å². The summed E-state index contributed by atoms with van der Waals surface area (Å²) >= 11 is 0. The molecule has 0 fully saturated rings. The number of benzene rings is 1. The highest BCUT2D eigenvalue weighted by molar-refractivity contribution is 5.98. The largest absolute Gasteiger partial charge is 0.465 e. The number of nitro groups is 1. The lowest BCUT2D eigenvalue weighted by Gasteiger charge is -2.00. The Hall–Kier alpha value is -2.37. The van der Waals surface area contributed by atoms with E-state index in [1.165, 1.54) is 13.2 Å². The average Bonchev–Trinajstić information content (AvgIpc) is 2.66. The standard InChI is InChI=1S/C11H10N2O4/c1-6-3-7-4-8(11(14)17-2)5-9(13(15)16)10(7)12-6/h3-5,12H,1-2H3.